The van der Waals surface area contributed by atoms with Gasteiger partial charge in [-0.1, -0.05) is 0 Å². The van der Waals surface area contributed by atoms with Gasteiger partial charge in [0.15, 0.2) is 0 Å². The molecule has 0 spiro atoms. The van der Waals surface area contributed by atoms with Gasteiger partial charge in [-0.2, -0.15) is 17.5 Å². The Balaban J connectivity index is 2.35. The van der Waals surface area contributed by atoms with Gasteiger partial charge in [-0.25, -0.2) is 8.42 Å². The van der Waals surface area contributed by atoms with E-state index in [0.29, 0.717) is 22.8 Å². The van der Waals surface area contributed by atoms with Gasteiger partial charge in [0.05, 0.1) is 0 Å². The van der Waals surface area contributed by atoms with Gasteiger partial charge in [0.25, 0.3) is 0 Å². The zero-order valence-corrected chi connectivity index (χ0v) is 11.7. The standard InChI is InChI=1S/C11H16F3N3O2S/c1-16-6-10(4-9(16)5-15)20(18,19)17(8-2-3-8)7-11(12,13)14/h4,6,8H,2-3,5,7,15H2,1H3. The van der Waals surface area contributed by atoms with Crippen molar-refractivity contribution < 1.29 is 21.6 Å². The van der Waals surface area contributed by atoms with Gasteiger partial charge in [0.2, 0.25) is 10.0 Å². The van der Waals surface area contributed by atoms with E-state index in [-0.39, 0.29) is 11.4 Å². The largest absolute Gasteiger partial charge is 0.402 e. The summed E-state index contributed by atoms with van der Waals surface area (Å²) in [6.07, 6.45) is -2.33. The maximum Gasteiger partial charge on any atom is 0.402 e. The molecule has 1 aliphatic rings. The molecule has 1 aromatic rings. The van der Waals surface area contributed by atoms with Crippen molar-refractivity contribution in [2.45, 2.75) is 36.5 Å². The molecule has 0 atom stereocenters. The number of hydrogen-bond acceptors (Lipinski definition) is 3. The van der Waals surface area contributed by atoms with Gasteiger partial charge in [-0.15, -0.1) is 0 Å². The minimum atomic E-state index is -4.55. The molecule has 1 aromatic heterocycles. The first-order valence-corrected chi connectivity index (χ1v) is 7.53. The van der Waals surface area contributed by atoms with Crippen molar-refractivity contribution in [3.8, 4) is 0 Å². The summed E-state index contributed by atoms with van der Waals surface area (Å²) in [5, 5.41) is 0. The molecular formula is C11H16F3N3O2S. The van der Waals surface area contributed by atoms with E-state index in [2.05, 4.69) is 0 Å². The Hall–Kier alpha value is -1.06. The summed E-state index contributed by atoms with van der Waals surface area (Å²) < 4.78 is 64.4. The fourth-order valence-corrected chi connectivity index (χ4v) is 3.77. The van der Waals surface area contributed by atoms with Crippen LogP contribution in [0.4, 0.5) is 13.2 Å². The van der Waals surface area contributed by atoms with Gasteiger partial charge in [-0.3, -0.25) is 0 Å². The lowest BCUT2D eigenvalue weighted by Gasteiger charge is -2.22. The van der Waals surface area contributed by atoms with E-state index < -0.39 is 28.8 Å². The topological polar surface area (TPSA) is 68.3 Å². The van der Waals surface area contributed by atoms with Crippen LogP contribution in [0.5, 0.6) is 0 Å². The molecule has 114 valence electrons. The Morgan fingerprint density at radius 1 is 1.45 bits per heavy atom. The van der Waals surface area contributed by atoms with Crippen LogP contribution in [0.1, 0.15) is 18.5 Å². The van der Waals surface area contributed by atoms with Crippen molar-refractivity contribution in [3.63, 3.8) is 0 Å². The molecule has 0 saturated heterocycles. The average molecular weight is 311 g/mol. The molecule has 9 heteroatoms. The highest BCUT2D eigenvalue weighted by atomic mass is 32.2. The maximum atomic E-state index is 12.6. The van der Waals surface area contributed by atoms with E-state index in [0.717, 1.165) is 0 Å². The molecule has 5 nitrogen and oxygen atoms in total. The van der Waals surface area contributed by atoms with Gasteiger partial charge in [-0.05, 0) is 18.9 Å². The molecule has 1 saturated carbocycles. The molecule has 20 heavy (non-hydrogen) atoms. The second-order valence-corrected chi connectivity index (χ2v) is 6.77. The van der Waals surface area contributed by atoms with Crippen LogP contribution in [0.3, 0.4) is 0 Å². The van der Waals surface area contributed by atoms with E-state index in [9.17, 15) is 21.6 Å². The number of alkyl halides is 3. The van der Waals surface area contributed by atoms with Crippen molar-refractivity contribution in [2.24, 2.45) is 12.8 Å². The second kappa shape index (κ2) is 5.05. The number of halogens is 3. The molecule has 0 radical (unpaired) electrons. The molecule has 0 unspecified atom stereocenters. The fraction of sp³-hybridized carbons (Fsp3) is 0.636. The van der Waals surface area contributed by atoms with Crippen molar-refractivity contribution in [1.82, 2.24) is 8.87 Å². The minimum Gasteiger partial charge on any atom is -0.352 e. The predicted octanol–water partition coefficient (Wildman–Crippen LogP) is 1.20. The molecule has 1 aliphatic carbocycles. The van der Waals surface area contributed by atoms with Crippen LogP contribution >= 0.6 is 0 Å². The van der Waals surface area contributed by atoms with Crippen LogP contribution < -0.4 is 5.73 Å². The zero-order valence-electron chi connectivity index (χ0n) is 10.9. The number of nitrogens with zero attached hydrogens (tertiary/aromatic N) is 2. The lowest BCUT2D eigenvalue weighted by molar-refractivity contribution is -0.137. The van der Waals surface area contributed by atoms with E-state index >= 15 is 0 Å². The van der Waals surface area contributed by atoms with Crippen molar-refractivity contribution in [1.29, 1.82) is 0 Å². The summed E-state index contributed by atoms with van der Waals surface area (Å²) in [6, 6.07) is 0.768. The number of hydrogen-bond donors (Lipinski definition) is 1. The van der Waals surface area contributed by atoms with Gasteiger partial charge < -0.3 is 10.3 Å². The first-order chi connectivity index (χ1) is 9.15. The third kappa shape index (κ3) is 3.15. The third-order valence-corrected chi connectivity index (χ3v) is 5.05. The Morgan fingerprint density at radius 3 is 2.45 bits per heavy atom. The highest BCUT2D eigenvalue weighted by molar-refractivity contribution is 7.89. The second-order valence-electron chi connectivity index (χ2n) is 4.88. The molecular weight excluding hydrogens is 295 g/mol. The van der Waals surface area contributed by atoms with Crippen LogP contribution in [0.25, 0.3) is 0 Å². The molecule has 2 N–H and O–H groups in total. The Kier molecular flexibility index (Phi) is 3.87. The average Bonchev–Trinajstić information content (AvgIpc) is 3.07. The minimum absolute atomic E-state index is 0.120. The van der Waals surface area contributed by atoms with E-state index in [1.165, 1.54) is 16.8 Å². The quantitative estimate of drug-likeness (QED) is 0.888. The number of nitrogens with two attached hydrogens (primary N) is 1. The first kappa shape index (κ1) is 15.3. The summed E-state index contributed by atoms with van der Waals surface area (Å²) in [7, 11) is -2.54. The zero-order chi connectivity index (χ0) is 15.1. The van der Waals surface area contributed by atoms with Crippen LogP contribution in [0, 0.1) is 0 Å². The Morgan fingerprint density at radius 2 is 2.05 bits per heavy atom. The molecule has 2 rings (SSSR count). The highest BCUT2D eigenvalue weighted by Gasteiger charge is 2.45. The molecule has 0 bridgehead atoms. The van der Waals surface area contributed by atoms with Crippen molar-refractivity contribution in [2.75, 3.05) is 6.54 Å². The van der Waals surface area contributed by atoms with Gasteiger partial charge >= 0.3 is 6.18 Å². The van der Waals surface area contributed by atoms with Crippen LogP contribution in [0.15, 0.2) is 17.2 Å². The first-order valence-electron chi connectivity index (χ1n) is 6.09. The van der Waals surface area contributed by atoms with Gasteiger partial charge in [0.1, 0.15) is 11.4 Å². The summed E-state index contributed by atoms with van der Waals surface area (Å²) in [5.74, 6) is 0. The smallest absolute Gasteiger partial charge is 0.352 e. The fourth-order valence-electron chi connectivity index (χ4n) is 2.01. The van der Waals surface area contributed by atoms with Crippen LogP contribution in [0.2, 0.25) is 0 Å². The monoisotopic (exact) mass is 311 g/mol. The number of aromatic nitrogens is 1. The predicted molar refractivity (Wildman–Crippen MR) is 66.3 cm³/mol. The van der Waals surface area contributed by atoms with Gasteiger partial charge in [0, 0.05) is 31.5 Å². The van der Waals surface area contributed by atoms with Crippen molar-refractivity contribution >= 4 is 10.0 Å². The summed E-state index contributed by atoms with van der Waals surface area (Å²) in [5.41, 5.74) is 6.00. The number of rotatable bonds is 5. The molecule has 1 fully saturated rings. The van der Waals surface area contributed by atoms with Crippen LogP contribution in [-0.4, -0.2) is 36.1 Å². The van der Waals surface area contributed by atoms with E-state index in [1.807, 2.05) is 0 Å². The highest BCUT2D eigenvalue weighted by Crippen LogP contribution is 2.35. The summed E-state index contributed by atoms with van der Waals surface area (Å²) >= 11 is 0. The Labute approximate surface area is 115 Å². The lowest BCUT2D eigenvalue weighted by Crippen LogP contribution is -2.40. The van der Waals surface area contributed by atoms with E-state index in [4.69, 9.17) is 5.73 Å². The molecule has 0 aliphatic heterocycles. The van der Waals surface area contributed by atoms with Crippen LogP contribution in [-0.2, 0) is 23.6 Å². The number of sulfonamides is 1. The molecule has 1 heterocycles. The normalized spacial score (nSPS) is 16.9. The molecule has 0 amide bonds. The summed E-state index contributed by atoms with van der Waals surface area (Å²) in [4.78, 5) is -0.142. The molecule has 0 aromatic carbocycles. The summed E-state index contributed by atoms with van der Waals surface area (Å²) in [6.45, 7) is -1.33. The Bertz CT molecular complexity index is 591. The number of aryl methyl sites for hydroxylation is 1. The van der Waals surface area contributed by atoms with E-state index in [1.54, 1.807) is 7.05 Å². The maximum absolute atomic E-state index is 12.6. The SMILES string of the molecule is Cn1cc(S(=O)(=O)N(CC(F)(F)F)C2CC2)cc1CN. The van der Waals surface area contributed by atoms with Crippen molar-refractivity contribution in [3.05, 3.63) is 18.0 Å². The third-order valence-electron chi connectivity index (χ3n) is 3.19. The lowest BCUT2D eigenvalue weighted by atomic mass is 10.4.